The van der Waals surface area contributed by atoms with Gasteiger partial charge in [0, 0.05) is 17.8 Å². The normalized spacial score (nSPS) is 15.1. The van der Waals surface area contributed by atoms with Gasteiger partial charge in [0.25, 0.3) is 0 Å². The van der Waals surface area contributed by atoms with Crippen LogP contribution < -0.4 is 21.7 Å². The minimum atomic E-state index is -0.0658. The third kappa shape index (κ3) is 30.8. The summed E-state index contributed by atoms with van der Waals surface area (Å²) in [6, 6.07) is 0.324. The van der Waals surface area contributed by atoms with E-state index >= 15 is 0 Å². The van der Waals surface area contributed by atoms with E-state index in [1.807, 2.05) is 60.7 Å². The maximum Gasteiger partial charge on any atom is 0.315 e. The van der Waals surface area contributed by atoms with Crippen molar-refractivity contribution >= 4 is 6.03 Å². The van der Waals surface area contributed by atoms with Crippen LogP contribution in [0.5, 0.6) is 0 Å². The molecular formula is C54H106N4O. The van der Waals surface area contributed by atoms with Crippen LogP contribution in [-0.4, -0.2) is 31.2 Å². The van der Waals surface area contributed by atoms with E-state index in [9.17, 15) is 4.79 Å². The number of amides is 2. The second-order valence-electron chi connectivity index (χ2n) is 17.1. The van der Waals surface area contributed by atoms with Gasteiger partial charge < -0.3 is 21.7 Å². The zero-order valence-corrected chi connectivity index (χ0v) is 42.7. The topological polar surface area (TPSA) is 79.2 Å². The molecule has 1 aliphatic rings. The molecule has 5 heteroatoms. The monoisotopic (exact) mass is 827 g/mol. The summed E-state index contributed by atoms with van der Waals surface area (Å²) in [5.41, 5.74) is 8.60. The van der Waals surface area contributed by atoms with E-state index in [2.05, 4.69) is 136 Å². The van der Waals surface area contributed by atoms with Gasteiger partial charge in [-0.05, 0) is 118 Å². The van der Waals surface area contributed by atoms with Crippen LogP contribution in [0.15, 0.2) is 87.2 Å². The van der Waals surface area contributed by atoms with Gasteiger partial charge in [-0.1, -0.05) is 173 Å². The predicted molar refractivity (Wildman–Crippen MR) is 273 cm³/mol. The highest BCUT2D eigenvalue weighted by Gasteiger charge is 2.32. The van der Waals surface area contributed by atoms with Crippen LogP contribution in [-0.2, 0) is 0 Å². The number of carbonyl (C=O) groups excluding carboxylic acids is 1. The average molecular weight is 827 g/mol. The standard InChI is InChI=1S/C35H64N2O.C11H20N2.3C2H6.C2H4/c1-13-18-20-21-22-29(26-27(6)15-3)32(37-33(38)36-31(16-4)35(11,12)17-5)28(7)24-25-30(23-19-14-2)34(8,9)10;1-8(9(2)12)11(13-3)7-10-5-4-6-10;4*1-2/h14-15,18,20,27,29-32H,2-3,7,13,16-17,19,21-26H2,1,4-6,8-12H3,(H2,36,37,38);10-11,13H,1-2,4-7,12H2,3H3;3*1-2H3;1-2H2/b20-18-;;;;;/t27?,29?,30-,31?,32?;;;;;/m1...../s1. The Morgan fingerprint density at radius 2 is 1.41 bits per heavy atom. The van der Waals surface area contributed by atoms with E-state index in [1.54, 1.807) is 0 Å². The Morgan fingerprint density at radius 1 is 0.847 bits per heavy atom. The van der Waals surface area contributed by atoms with Crippen molar-refractivity contribution in [1.82, 2.24) is 16.0 Å². The summed E-state index contributed by atoms with van der Waals surface area (Å²) in [6.45, 7) is 58.5. The highest BCUT2D eigenvalue weighted by atomic mass is 16.2. The maximum absolute atomic E-state index is 13.5. The Labute approximate surface area is 371 Å². The summed E-state index contributed by atoms with van der Waals surface area (Å²) >= 11 is 0. The molecule has 0 saturated heterocycles. The molecule has 348 valence electrons. The number of hydrogen-bond donors (Lipinski definition) is 4. The van der Waals surface area contributed by atoms with Gasteiger partial charge in [-0.25, -0.2) is 4.79 Å². The quantitative estimate of drug-likeness (QED) is 0.0547. The number of urea groups is 1. The van der Waals surface area contributed by atoms with E-state index in [4.69, 9.17) is 5.73 Å². The number of allylic oxidation sites excluding steroid dienone is 4. The molecule has 0 aromatic carbocycles. The highest BCUT2D eigenvalue weighted by molar-refractivity contribution is 5.75. The molecule has 1 rings (SSSR count). The summed E-state index contributed by atoms with van der Waals surface area (Å²) in [7, 11) is 1.96. The molecule has 0 heterocycles. The lowest BCUT2D eigenvalue weighted by Crippen LogP contribution is -2.52. The second kappa shape index (κ2) is 40.6. The van der Waals surface area contributed by atoms with Gasteiger partial charge in [-0.2, -0.15) is 0 Å². The molecule has 0 radical (unpaired) electrons. The smallest absolute Gasteiger partial charge is 0.315 e. The molecule has 2 amide bonds. The molecule has 0 aromatic heterocycles. The Hall–Kier alpha value is -2.79. The predicted octanol–water partition coefficient (Wildman–Crippen LogP) is 16.1. The zero-order chi connectivity index (χ0) is 47.2. The second-order valence-corrected chi connectivity index (χ2v) is 17.1. The fourth-order valence-electron chi connectivity index (χ4n) is 7.14. The Kier molecular flexibility index (Phi) is 45.0. The lowest BCUT2D eigenvalue weighted by molar-refractivity contribution is 0.194. The third-order valence-electron chi connectivity index (χ3n) is 11.7. The molecule has 5 N–H and O–H groups in total. The van der Waals surface area contributed by atoms with Gasteiger partial charge >= 0.3 is 6.03 Å². The van der Waals surface area contributed by atoms with Crippen molar-refractivity contribution in [3.63, 3.8) is 0 Å². The van der Waals surface area contributed by atoms with Gasteiger partial charge in [-0.3, -0.25) is 0 Å². The number of likely N-dealkylation sites (N-methyl/N-ethyl adjacent to an activating group) is 1. The number of hydrogen-bond acceptors (Lipinski definition) is 3. The van der Waals surface area contributed by atoms with Crippen LogP contribution in [0.3, 0.4) is 0 Å². The highest BCUT2D eigenvalue weighted by Crippen LogP contribution is 2.36. The van der Waals surface area contributed by atoms with Crippen molar-refractivity contribution in [2.45, 2.75) is 212 Å². The van der Waals surface area contributed by atoms with Crippen LogP contribution in [0.2, 0.25) is 0 Å². The van der Waals surface area contributed by atoms with Crippen molar-refractivity contribution < 1.29 is 4.79 Å². The fraction of sp³-hybridized carbons (Fsp3) is 0.722. The van der Waals surface area contributed by atoms with E-state index in [1.165, 1.54) is 19.3 Å². The summed E-state index contributed by atoms with van der Waals surface area (Å²) in [5, 5.41) is 9.99. The first-order valence-electron chi connectivity index (χ1n) is 23.9. The summed E-state index contributed by atoms with van der Waals surface area (Å²) in [5.74, 6) is 2.14. The number of nitrogens with one attached hydrogen (secondary N) is 3. The molecule has 0 spiro atoms. The zero-order valence-electron chi connectivity index (χ0n) is 42.7. The molecule has 6 atom stereocenters. The van der Waals surface area contributed by atoms with Gasteiger partial charge in [0.1, 0.15) is 0 Å². The number of carbonyl (C=O) groups is 1. The SMILES string of the molecule is C=C.C=C(N)C(=C)C(CC1CCC1)NC.C=CCC[C@H](CCC(=C)C(NC(=O)NC(CC)C(C)(C)CC)C(CC/C=C\CC)CC(C)C=C)C(C)(C)C.CC.CC.CC. The van der Waals surface area contributed by atoms with E-state index in [0.717, 1.165) is 87.7 Å². The average Bonchev–Trinajstić information content (AvgIpc) is 3.22. The van der Waals surface area contributed by atoms with Gasteiger partial charge in [0.05, 0.1) is 6.04 Å². The van der Waals surface area contributed by atoms with Crippen molar-refractivity contribution in [3.8, 4) is 0 Å². The molecule has 5 unspecified atom stereocenters. The lowest BCUT2D eigenvalue weighted by atomic mass is 9.74. The first kappa shape index (κ1) is 65.3. The largest absolute Gasteiger partial charge is 0.399 e. The Bertz CT molecular complexity index is 1090. The molecule has 0 aromatic rings. The van der Waals surface area contributed by atoms with Crippen molar-refractivity contribution in [3.05, 3.63) is 87.2 Å². The minimum Gasteiger partial charge on any atom is -0.399 e. The molecule has 1 fully saturated rings. The maximum atomic E-state index is 13.5. The first-order valence-corrected chi connectivity index (χ1v) is 23.9. The van der Waals surface area contributed by atoms with Gasteiger partial charge in [0.15, 0.2) is 0 Å². The lowest BCUT2D eigenvalue weighted by Gasteiger charge is -2.36. The molecule has 5 nitrogen and oxygen atoms in total. The van der Waals surface area contributed by atoms with E-state index in [-0.39, 0.29) is 28.9 Å². The summed E-state index contributed by atoms with van der Waals surface area (Å²) in [4.78, 5) is 13.5. The van der Waals surface area contributed by atoms with E-state index < -0.39 is 0 Å². The van der Waals surface area contributed by atoms with Crippen LogP contribution in [0.4, 0.5) is 4.79 Å². The van der Waals surface area contributed by atoms with Crippen molar-refractivity contribution in [2.24, 2.45) is 40.2 Å². The minimum absolute atomic E-state index is 0.0470. The Morgan fingerprint density at radius 3 is 1.80 bits per heavy atom. The van der Waals surface area contributed by atoms with Gasteiger partial charge in [0.2, 0.25) is 0 Å². The summed E-state index contributed by atoms with van der Waals surface area (Å²) in [6.07, 6.45) is 24.0. The number of rotatable bonds is 25. The molecule has 0 aliphatic heterocycles. The van der Waals surface area contributed by atoms with E-state index in [0.29, 0.717) is 29.5 Å². The first-order chi connectivity index (χ1) is 27.9. The number of nitrogens with two attached hydrogens (primary N) is 1. The fourth-order valence-corrected chi connectivity index (χ4v) is 7.14. The van der Waals surface area contributed by atoms with Crippen LogP contribution >= 0.6 is 0 Å². The Balaban J connectivity index is -0.000000381. The summed E-state index contributed by atoms with van der Waals surface area (Å²) < 4.78 is 0. The third-order valence-corrected chi connectivity index (χ3v) is 11.7. The van der Waals surface area contributed by atoms with Crippen LogP contribution in [0.1, 0.15) is 194 Å². The molecule has 59 heavy (non-hydrogen) atoms. The molecule has 1 aliphatic carbocycles. The van der Waals surface area contributed by atoms with Crippen molar-refractivity contribution in [1.29, 1.82) is 0 Å². The van der Waals surface area contributed by atoms with Crippen LogP contribution in [0, 0.1) is 34.5 Å². The van der Waals surface area contributed by atoms with Gasteiger partial charge in [-0.15, -0.1) is 26.3 Å². The van der Waals surface area contributed by atoms with Crippen molar-refractivity contribution in [2.75, 3.05) is 7.05 Å². The van der Waals surface area contributed by atoms with Crippen LogP contribution in [0.25, 0.3) is 0 Å². The molecular weight excluding hydrogens is 721 g/mol. The molecule has 1 saturated carbocycles. The molecule has 0 bridgehead atoms.